The minimum Gasteiger partial charge on any atom is -0.449 e. The zero-order chi connectivity index (χ0) is 22.2. The van der Waals surface area contributed by atoms with E-state index in [1.165, 1.54) is 13.8 Å². The molecule has 2 aromatic rings. The molecule has 164 valence electrons. The molecule has 3 rings (SSSR count). The van der Waals surface area contributed by atoms with E-state index in [9.17, 15) is 14.4 Å². The maximum Gasteiger partial charge on any atom is 0.338 e. The number of carbonyl (C=O) groups is 3. The molecule has 0 aromatic heterocycles. The third kappa shape index (κ3) is 6.91. The monoisotopic (exact) mass is 425 g/mol. The predicted octanol–water partition coefficient (Wildman–Crippen LogP) is 2.66. The molecule has 1 fully saturated rings. The van der Waals surface area contributed by atoms with Crippen LogP contribution in [0.4, 0.5) is 11.4 Å². The van der Waals surface area contributed by atoms with Gasteiger partial charge in [0, 0.05) is 37.9 Å². The Labute approximate surface area is 181 Å². The number of carbonyl (C=O) groups excluding carboxylic acids is 3. The number of nitrogens with zero attached hydrogens (tertiary/aromatic N) is 1. The molecule has 0 radical (unpaired) electrons. The number of anilines is 2. The highest BCUT2D eigenvalue weighted by molar-refractivity contribution is 5.97. The molecule has 1 atom stereocenters. The largest absolute Gasteiger partial charge is 0.449 e. The molecule has 8 nitrogen and oxygen atoms in total. The van der Waals surface area contributed by atoms with Crippen molar-refractivity contribution in [1.82, 2.24) is 4.90 Å². The molecule has 2 aromatic carbocycles. The van der Waals surface area contributed by atoms with Gasteiger partial charge in [-0.2, -0.15) is 0 Å². The standard InChI is InChI=1S/C23H27N3O5/c1-16(22(28)25-21-9-7-20(8-10-21)24-17(2)27)31-23(29)19-5-3-18(4-6-19)15-26-11-13-30-14-12-26/h3-10,16H,11-15H2,1-2H3,(H,24,27)(H,25,28)/t16-/m1/s1. The fraction of sp³-hybridized carbons (Fsp3) is 0.348. The number of hydrogen-bond acceptors (Lipinski definition) is 6. The Kier molecular flexibility index (Phi) is 7.75. The number of esters is 1. The lowest BCUT2D eigenvalue weighted by Crippen LogP contribution is -2.35. The summed E-state index contributed by atoms with van der Waals surface area (Å²) in [6, 6.07) is 13.9. The van der Waals surface area contributed by atoms with E-state index in [2.05, 4.69) is 15.5 Å². The summed E-state index contributed by atoms with van der Waals surface area (Å²) in [5.74, 6) is -1.17. The van der Waals surface area contributed by atoms with Crippen LogP contribution in [0.25, 0.3) is 0 Å². The van der Waals surface area contributed by atoms with Crippen molar-refractivity contribution < 1.29 is 23.9 Å². The van der Waals surface area contributed by atoms with Gasteiger partial charge in [-0.05, 0) is 48.9 Å². The Hall–Kier alpha value is -3.23. The molecule has 31 heavy (non-hydrogen) atoms. The SMILES string of the molecule is CC(=O)Nc1ccc(NC(=O)[C@@H](C)OC(=O)c2ccc(CN3CCOCC3)cc2)cc1. The Morgan fingerprint density at radius 2 is 1.55 bits per heavy atom. The summed E-state index contributed by atoms with van der Waals surface area (Å²) >= 11 is 0. The Morgan fingerprint density at radius 1 is 0.968 bits per heavy atom. The molecule has 1 aliphatic heterocycles. The summed E-state index contributed by atoms with van der Waals surface area (Å²) in [6.45, 7) is 7.01. The second-order valence-corrected chi connectivity index (χ2v) is 7.38. The third-order valence-electron chi connectivity index (χ3n) is 4.83. The van der Waals surface area contributed by atoms with E-state index in [0.29, 0.717) is 16.9 Å². The van der Waals surface area contributed by atoms with Crippen LogP contribution >= 0.6 is 0 Å². The van der Waals surface area contributed by atoms with Crippen molar-refractivity contribution in [2.75, 3.05) is 36.9 Å². The van der Waals surface area contributed by atoms with Crippen LogP contribution in [0.3, 0.4) is 0 Å². The first-order chi connectivity index (χ1) is 14.9. The number of nitrogens with one attached hydrogen (secondary N) is 2. The number of morpholine rings is 1. The minimum atomic E-state index is -0.962. The highest BCUT2D eigenvalue weighted by atomic mass is 16.5. The maximum absolute atomic E-state index is 12.4. The highest BCUT2D eigenvalue weighted by Crippen LogP contribution is 2.15. The van der Waals surface area contributed by atoms with Gasteiger partial charge in [-0.3, -0.25) is 14.5 Å². The third-order valence-corrected chi connectivity index (χ3v) is 4.83. The number of amides is 2. The van der Waals surface area contributed by atoms with E-state index < -0.39 is 18.0 Å². The zero-order valence-electron chi connectivity index (χ0n) is 17.7. The average Bonchev–Trinajstić information content (AvgIpc) is 2.76. The van der Waals surface area contributed by atoms with Crippen LogP contribution < -0.4 is 10.6 Å². The van der Waals surface area contributed by atoms with Gasteiger partial charge < -0.3 is 20.1 Å². The summed E-state index contributed by atoms with van der Waals surface area (Å²) in [4.78, 5) is 38.1. The van der Waals surface area contributed by atoms with Crippen molar-refractivity contribution in [3.63, 3.8) is 0 Å². The first-order valence-corrected chi connectivity index (χ1v) is 10.2. The first-order valence-electron chi connectivity index (χ1n) is 10.2. The summed E-state index contributed by atoms with van der Waals surface area (Å²) in [6.07, 6.45) is -0.962. The molecule has 1 saturated heterocycles. The molecule has 0 bridgehead atoms. The lowest BCUT2D eigenvalue weighted by atomic mass is 10.1. The summed E-state index contributed by atoms with van der Waals surface area (Å²) in [5.41, 5.74) is 2.66. The van der Waals surface area contributed by atoms with Gasteiger partial charge in [0.1, 0.15) is 0 Å². The molecule has 8 heteroatoms. The van der Waals surface area contributed by atoms with Crippen molar-refractivity contribution in [2.45, 2.75) is 26.5 Å². The number of ether oxygens (including phenoxy) is 2. The van der Waals surface area contributed by atoms with Crippen LogP contribution in [-0.4, -0.2) is 55.1 Å². The Bertz CT molecular complexity index is 906. The zero-order valence-corrected chi connectivity index (χ0v) is 17.7. The lowest BCUT2D eigenvalue weighted by Gasteiger charge is -2.26. The smallest absolute Gasteiger partial charge is 0.338 e. The van der Waals surface area contributed by atoms with Gasteiger partial charge in [0.05, 0.1) is 18.8 Å². The fourth-order valence-corrected chi connectivity index (χ4v) is 3.13. The van der Waals surface area contributed by atoms with E-state index in [0.717, 1.165) is 38.4 Å². The van der Waals surface area contributed by atoms with Gasteiger partial charge in [0.15, 0.2) is 6.10 Å². The van der Waals surface area contributed by atoms with Crippen LogP contribution in [-0.2, 0) is 25.6 Å². The average molecular weight is 425 g/mol. The molecule has 0 spiro atoms. The van der Waals surface area contributed by atoms with E-state index in [1.807, 2.05) is 12.1 Å². The van der Waals surface area contributed by atoms with Crippen LogP contribution in [0.1, 0.15) is 29.8 Å². The first kappa shape index (κ1) is 22.5. The van der Waals surface area contributed by atoms with Crippen LogP contribution in [0, 0.1) is 0 Å². The van der Waals surface area contributed by atoms with Gasteiger partial charge in [-0.25, -0.2) is 4.79 Å². The molecule has 0 unspecified atom stereocenters. The van der Waals surface area contributed by atoms with E-state index in [1.54, 1.807) is 36.4 Å². The highest BCUT2D eigenvalue weighted by Gasteiger charge is 2.19. The topological polar surface area (TPSA) is 97.0 Å². The number of benzene rings is 2. The molecule has 1 aliphatic rings. The van der Waals surface area contributed by atoms with Gasteiger partial charge in [-0.1, -0.05) is 12.1 Å². The van der Waals surface area contributed by atoms with Gasteiger partial charge >= 0.3 is 5.97 Å². The second kappa shape index (κ2) is 10.7. The fourth-order valence-electron chi connectivity index (χ4n) is 3.13. The molecule has 0 aliphatic carbocycles. The molecule has 2 N–H and O–H groups in total. The van der Waals surface area contributed by atoms with Gasteiger partial charge in [0.25, 0.3) is 5.91 Å². The van der Waals surface area contributed by atoms with E-state index >= 15 is 0 Å². The van der Waals surface area contributed by atoms with E-state index in [-0.39, 0.29) is 5.91 Å². The van der Waals surface area contributed by atoms with Crippen LogP contribution in [0.5, 0.6) is 0 Å². The van der Waals surface area contributed by atoms with E-state index in [4.69, 9.17) is 9.47 Å². The summed E-state index contributed by atoms with van der Waals surface area (Å²) in [7, 11) is 0. The van der Waals surface area contributed by atoms with Crippen molar-refractivity contribution in [2.24, 2.45) is 0 Å². The molecule has 1 heterocycles. The summed E-state index contributed by atoms with van der Waals surface area (Å²) < 4.78 is 10.7. The molecular formula is C23H27N3O5. The van der Waals surface area contributed by atoms with Crippen molar-refractivity contribution >= 4 is 29.2 Å². The van der Waals surface area contributed by atoms with Gasteiger partial charge in [0.2, 0.25) is 5.91 Å². The van der Waals surface area contributed by atoms with Gasteiger partial charge in [-0.15, -0.1) is 0 Å². The van der Waals surface area contributed by atoms with Crippen LogP contribution in [0.2, 0.25) is 0 Å². The Morgan fingerprint density at radius 3 is 2.13 bits per heavy atom. The second-order valence-electron chi connectivity index (χ2n) is 7.38. The van der Waals surface area contributed by atoms with Crippen molar-refractivity contribution in [3.05, 3.63) is 59.7 Å². The van der Waals surface area contributed by atoms with Crippen LogP contribution in [0.15, 0.2) is 48.5 Å². The number of hydrogen-bond donors (Lipinski definition) is 2. The Balaban J connectivity index is 1.49. The lowest BCUT2D eigenvalue weighted by molar-refractivity contribution is -0.123. The quantitative estimate of drug-likeness (QED) is 0.662. The minimum absolute atomic E-state index is 0.175. The predicted molar refractivity (Wildman–Crippen MR) is 117 cm³/mol. The molecular weight excluding hydrogens is 398 g/mol. The number of rotatable bonds is 7. The van der Waals surface area contributed by atoms with Crippen molar-refractivity contribution in [3.8, 4) is 0 Å². The molecule has 0 saturated carbocycles. The maximum atomic E-state index is 12.4. The van der Waals surface area contributed by atoms with Crippen molar-refractivity contribution in [1.29, 1.82) is 0 Å². The summed E-state index contributed by atoms with van der Waals surface area (Å²) in [5, 5.41) is 5.34. The normalized spacial score (nSPS) is 15.0. The molecule has 2 amide bonds.